The van der Waals surface area contributed by atoms with Gasteiger partial charge in [-0.25, -0.2) is 4.98 Å². The summed E-state index contributed by atoms with van der Waals surface area (Å²) in [5.74, 6) is 0.0409. The first kappa shape index (κ1) is 17.8. The van der Waals surface area contributed by atoms with Gasteiger partial charge in [0.2, 0.25) is 5.91 Å². The van der Waals surface area contributed by atoms with E-state index >= 15 is 0 Å². The lowest BCUT2D eigenvalue weighted by Gasteiger charge is -2.18. The normalized spacial score (nSPS) is 19.1. The summed E-state index contributed by atoms with van der Waals surface area (Å²) in [6.45, 7) is 3.92. The molecule has 3 amide bonds. The largest absolute Gasteiger partial charge is 0.341 e. The number of hydrogen-bond donors (Lipinski definition) is 0. The first-order chi connectivity index (χ1) is 13.1. The zero-order valence-corrected chi connectivity index (χ0v) is 15.9. The average molecular weight is 384 g/mol. The van der Waals surface area contributed by atoms with E-state index in [0.717, 1.165) is 40.5 Å². The molecule has 0 N–H and O–H groups in total. The zero-order valence-electron chi connectivity index (χ0n) is 15.1. The van der Waals surface area contributed by atoms with Crippen LogP contribution in [-0.2, 0) is 16.1 Å². The Morgan fingerprint density at radius 1 is 1.22 bits per heavy atom. The number of aromatic nitrogens is 2. The third kappa shape index (κ3) is 3.25. The second-order valence-corrected chi connectivity index (χ2v) is 7.55. The Morgan fingerprint density at radius 3 is 2.70 bits per heavy atom. The zero-order chi connectivity index (χ0) is 19.0. The van der Waals surface area contributed by atoms with E-state index in [9.17, 15) is 14.4 Å². The molecule has 2 aliphatic rings. The number of carbonyl (C=O) groups excluding carboxylic acids is 3. The summed E-state index contributed by atoms with van der Waals surface area (Å²) in [7, 11) is 0. The van der Waals surface area contributed by atoms with Crippen molar-refractivity contribution in [1.82, 2.24) is 19.4 Å². The standard InChI is InChI=1S/C19H20N4O3S/c1-2-22-14-8-4-3-7-13(14)20-16(22)11-15-18(25)23(19(26)27-15)12-17(24)21-9-5-6-10-21/h3-4,7-8,11H,2,5-6,9-10,12H2,1H3/b15-11-. The Hall–Kier alpha value is -2.61. The second-order valence-electron chi connectivity index (χ2n) is 6.56. The van der Waals surface area contributed by atoms with Crippen LogP contribution < -0.4 is 0 Å². The summed E-state index contributed by atoms with van der Waals surface area (Å²) in [5.41, 5.74) is 1.82. The Kier molecular flexibility index (Phi) is 4.73. The molecule has 0 unspecified atom stereocenters. The Labute approximate surface area is 161 Å². The number of carbonyl (C=O) groups is 3. The minimum atomic E-state index is -0.424. The number of amides is 3. The predicted octanol–water partition coefficient (Wildman–Crippen LogP) is 2.71. The maximum Gasteiger partial charge on any atom is 0.294 e. The SMILES string of the molecule is CCn1c(/C=C2\SC(=O)N(CC(=O)N3CCCC3)C2=O)nc2ccccc21. The summed E-state index contributed by atoms with van der Waals surface area (Å²) in [6.07, 6.45) is 3.59. The van der Waals surface area contributed by atoms with Crippen LogP contribution >= 0.6 is 11.8 Å². The number of nitrogens with zero attached hydrogens (tertiary/aromatic N) is 4. The van der Waals surface area contributed by atoms with Crippen molar-refractivity contribution in [3.63, 3.8) is 0 Å². The van der Waals surface area contributed by atoms with Gasteiger partial charge in [0.25, 0.3) is 11.1 Å². The van der Waals surface area contributed by atoms with E-state index in [1.807, 2.05) is 35.8 Å². The van der Waals surface area contributed by atoms with Gasteiger partial charge < -0.3 is 9.47 Å². The minimum absolute atomic E-state index is 0.170. The van der Waals surface area contributed by atoms with E-state index < -0.39 is 11.1 Å². The van der Waals surface area contributed by atoms with Gasteiger partial charge in [0.05, 0.1) is 15.9 Å². The molecule has 3 heterocycles. The molecule has 2 fully saturated rings. The summed E-state index contributed by atoms with van der Waals surface area (Å²) in [4.78, 5) is 44.9. The lowest BCUT2D eigenvalue weighted by atomic mass is 10.3. The maximum atomic E-state index is 12.7. The van der Waals surface area contributed by atoms with Crippen LogP contribution in [0, 0.1) is 0 Å². The fourth-order valence-electron chi connectivity index (χ4n) is 3.49. The Morgan fingerprint density at radius 2 is 1.96 bits per heavy atom. The highest BCUT2D eigenvalue weighted by atomic mass is 32.2. The maximum absolute atomic E-state index is 12.7. The van der Waals surface area contributed by atoms with Crippen LogP contribution in [-0.4, -0.2) is 56.0 Å². The quantitative estimate of drug-likeness (QED) is 0.758. The Balaban J connectivity index is 1.59. The highest BCUT2D eigenvalue weighted by molar-refractivity contribution is 8.18. The number of likely N-dealkylation sites (tertiary alicyclic amines) is 1. The molecule has 4 rings (SSSR count). The molecule has 0 radical (unpaired) electrons. The molecule has 8 heteroatoms. The fraction of sp³-hybridized carbons (Fsp3) is 0.368. The van der Waals surface area contributed by atoms with Gasteiger partial charge in [0.1, 0.15) is 12.4 Å². The Bertz CT molecular complexity index is 959. The monoisotopic (exact) mass is 384 g/mol. The number of thioether (sulfide) groups is 1. The van der Waals surface area contributed by atoms with Crippen LogP contribution in [0.15, 0.2) is 29.2 Å². The molecule has 2 saturated heterocycles. The van der Waals surface area contributed by atoms with Gasteiger partial charge in [-0.3, -0.25) is 19.3 Å². The van der Waals surface area contributed by atoms with Crippen molar-refractivity contribution in [1.29, 1.82) is 0 Å². The number of imide groups is 1. The molecule has 7 nitrogen and oxygen atoms in total. The summed E-state index contributed by atoms with van der Waals surface area (Å²) >= 11 is 0.865. The lowest BCUT2D eigenvalue weighted by Crippen LogP contribution is -2.40. The number of fused-ring (bicyclic) bond motifs is 1. The van der Waals surface area contributed by atoms with Crippen LogP contribution in [0.25, 0.3) is 17.1 Å². The van der Waals surface area contributed by atoms with Crippen LogP contribution in [0.3, 0.4) is 0 Å². The molecular weight excluding hydrogens is 364 g/mol. The molecule has 0 atom stereocenters. The van der Waals surface area contributed by atoms with Crippen LogP contribution in [0.2, 0.25) is 0 Å². The van der Waals surface area contributed by atoms with Crippen molar-refractivity contribution in [2.24, 2.45) is 0 Å². The van der Waals surface area contributed by atoms with Gasteiger partial charge in [-0.2, -0.15) is 0 Å². The second kappa shape index (κ2) is 7.19. The minimum Gasteiger partial charge on any atom is -0.341 e. The van der Waals surface area contributed by atoms with Crippen LogP contribution in [0.4, 0.5) is 4.79 Å². The molecule has 0 aliphatic carbocycles. The molecule has 1 aromatic carbocycles. The molecule has 0 saturated carbocycles. The third-order valence-corrected chi connectivity index (χ3v) is 5.79. The topological polar surface area (TPSA) is 75.5 Å². The first-order valence-corrected chi connectivity index (χ1v) is 9.88. The van der Waals surface area contributed by atoms with Crippen molar-refractivity contribution in [2.45, 2.75) is 26.3 Å². The number of rotatable bonds is 4. The summed E-state index contributed by atoms with van der Waals surface area (Å²) in [6, 6.07) is 7.75. The van der Waals surface area contributed by atoms with E-state index in [4.69, 9.17) is 0 Å². The average Bonchev–Trinajstić information content (AvgIpc) is 3.37. The van der Waals surface area contributed by atoms with Gasteiger partial charge in [0, 0.05) is 25.7 Å². The van der Waals surface area contributed by atoms with Gasteiger partial charge in [0.15, 0.2) is 0 Å². The molecule has 2 aliphatic heterocycles. The number of para-hydroxylation sites is 2. The fourth-order valence-corrected chi connectivity index (χ4v) is 4.30. The summed E-state index contributed by atoms with van der Waals surface area (Å²) < 4.78 is 2.00. The smallest absolute Gasteiger partial charge is 0.294 e. The summed E-state index contributed by atoms with van der Waals surface area (Å²) in [5, 5.41) is -0.405. The number of hydrogen-bond acceptors (Lipinski definition) is 5. The predicted molar refractivity (Wildman–Crippen MR) is 104 cm³/mol. The van der Waals surface area contributed by atoms with Gasteiger partial charge in [-0.1, -0.05) is 12.1 Å². The molecular formula is C19H20N4O3S. The van der Waals surface area contributed by atoms with Crippen molar-refractivity contribution in [2.75, 3.05) is 19.6 Å². The van der Waals surface area contributed by atoms with Gasteiger partial charge in [-0.05, 0) is 43.7 Å². The van der Waals surface area contributed by atoms with E-state index in [1.165, 1.54) is 0 Å². The van der Waals surface area contributed by atoms with E-state index in [2.05, 4.69) is 4.98 Å². The third-order valence-electron chi connectivity index (χ3n) is 4.89. The highest BCUT2D eigenvalue weighted by Crippen LogP contribution is 2.32. The van der Waals surface area contributed by atoms with E-state index in [-0.39, 0.29) is 12.5 Å². The molecule has 140 valence electrons. The van der Waals surface area contributed by atoms with Crippen LogP contribution in [0.1, 0.15) is 25.6 Å². The van der Waals surface area contributed by atoms with Crippen molar-refractivity contribution in [3.05, 3.63) is 35.0 Å². The number of aryl methyl sites for hydroxylation is 1. The van der Waals surface area contributed by atoms with E-state index in [0.29, 0.717) is 30.4 Å². The number of imidazole rings is 1. The molecule has 1 aromatic heterocycles. The van der Waals surface area contributed by atoms with Crippen molar-refractivity contribution in [3.8, 4) is 0 Å². The molecule has 2 aromatic rings. The number of benzene rings is 1. The highest BCUT2D eigenvalue weighted by Gasteiger charge is 2.37. The van der Waals surface area contributed by atoms with Gasteiger partial charge in [-0.15, -0.1) is 0 Å². The van der Waals surface area contributed by atoms with E-state index in [1.54, 1.807) is 11.0 Å². The van der Waals surface area contributed by atoms with Gasteiger partial charge >= 0.3 is 0 Å². The lowest BCUT2D eigenvalue weighted by molar-refractivity contribution is -0.135. The van der Waals surface area contributed by atoms with Crippen molar-refractivity contribution >= 4 is 45.9 Å². The first-order valence-electron chi connectivity index (χ1n) is 9.07. The molecule has 0 bridgehead atoms. The molecule has 27 heavy (non-hydrogen) atoms. The molecule has 0 spiro atoms. The van der Waals surface area contributed by atoms with Crippen LogP contribution in [0.5, 0.6) is 0 Å². The van der Waals surface area contributed by atoms with Crippen molar-refractivity contribution < 1.29 is 14.4 Å².